The van der Waals surface area contributed by atoms with E-state index in [2.05, 4.69) is 23.9 Å². The molecule has 5 heteroatoms. The fourth-order valence-electron chi connectivity index (χ4n) is 2.43. The molecule has 0 saturated carbocycles. The van der Waals surface area contributed by atoms with E-state index in [1.165, 1.54) is 12.0 Å². The van der Waals surface area contributed by atoms with E-state index in [0.717, 1.165) is 19.6 Å². The topological polar surface area (TPSA) is 46.9 Å². The summed E-state index contributed by atoms with van der Waals surface area (Å²) in [5.41, 5.74) is 1.77. The van der Waals surface area contributed by atoms with Gasteiger partial charge in [0.15, 0.2) is 0 Å². The first-order valence-corrected chi connectivity index (χ1v) is 6.40. The molecular formula is C13H21BN2O2. The highest BCUT2D eigenvalue weighted by Gasteiger charge is 2.23. The minimum Gasteiger partial charge on any atom is -0.423 e. The van der Waals surface area contributed by atoms with Gasteiger partial charge < -0.3 is 14.9 Å². The van der Waals surface area contributed by atoms with Gasteiger partial charge in [0.2, 0.25) is 0 Å². The highest BCUT2D eigenvalue weighted by Crippen LogP contribution is 2.15. The summed E-state index contributed by atoms with van der Waals surface area (Å²) >= 11 is 0. The molecular weight excluding hydrogens is 227 g/mol. The summed E-state index contributed by atoms with van der Waals surface area (Å²) in [7, 11) is 2.89. The van der Waals surface area contributed by atoms with Gasteiger partial charge in [-0.25, -0.2) is 0 Å². The Hall–Kier alpha value is -0.875. The van der Waals surface area contributed by atoms with Crippen LogP contribution < -0.4 is 5.46 Å². The minimum absolute atomic E-state index is 0.548. The van der Waals surface area contributed by atoms with Crippen LogP contribution in [0.4, 0.5) is 0 Å². The molecule has 0 spiro atoms. The summed E-state index contributed by atoms with van der Waals surface area (Å²) in [5, 5.41) is 18.1. The van der Waals surface area contributed by atoms with Crippen molar-refractivity contribution >= 4 is 12.6 Å². The highest BCUT2D eigenvalue weighted by atomic mass is 16.4. The number of hydrogen-bond donors (Lipinski definition) is 2. The lowest BCUT2D eigenvalue weighted by Crippen LogP contribution is -2.31. The van der Waals surface area contributed by atoms with E-state index in [0.29, 0.717) is 11.5 Å². The molecule has 1 aromatic carbocycles. The van der Waals surface area contributed by atoms with E-state index >= 15 is 0 Å². The molecule has 98 valence electrons. The summed E-state index contributed by atoms with van der Waals surface area (Å²) in [6.45, 7) is 3.18. The van der Waals surface area contributed by atoms with Crippen LogP contribution in [0.5, 0.6) is 0 Å². The second kappa shape index (κ2) is 5.84. The van der Waals surface area contributed by atoms with E-state index in [1.807, 2.05) is 12.1 Å². The third-order valence-electron chi connectivity index (χ3n) is 3.66. The largest absolute Gasteiger partial charge is 0.488 e. The van der Waals surface area contributed by atoms with Gasteiger partial charge in [-0.05, 0) is 31.5 Å². The molecule has 18 heavy (non-hydrogen) atoms. The zero-order valence-corrected chi connectivity index (χ0v) is 11.1. The number of likely N-dealkylation sites (tertiary alicyclic amines) is 1. The molecule has 1 aliphatic heterocycles. The number of nitrogens with zero attached hydrogens (tertiary/aromatic N) is 2. The van der Waals surface area contributed by atoms with Gasteiger partial charge in [0.25, 0.3) is 0 Å². The zero-order valence-electron chi connectivity index (χ0n) is 11.1. The Morgan fingerprint density at radius 1 is 1.28 bits per heavy atom. The first kappa shape index (κ1) is 13.6. The van der Waals surface area contributed by atoms with E-state index in [9.17, 15) is 0 Å². The Morgan fingerprint density at radius 2 is 1.94 bits per heavy atom. The summed E-state index contributed by atoms with van der Waals surface area (Å²) < 4.78 is 0. The fourth-order valence-corrected chi connectivity index (χ4v) is 2.43. The summed E-state index contributed by atoms with van der Waals surface area (Å²) in [6.07, 6.45) is 1.22. The van der Waals surface area contributed by atoms with Crippen LogP contribution in [-0.2, 0) is 6.54 Å². The van der Waals surface area contributed by atoms with Crippen molar-refractivity contribution in [1.82, 2.24) is 9.80 Å². The van der Waals surface area contributed by atoms with Crippen LogP contribution in [0.2, 0.25) is 0 Å². The average Bonchev–Trinajstić information content (AvgIpc) is 2.78. The maximum atomic E-state index is 9.03. The van der Waals surface area contributed by atoms with E-state index in [4.69, 9.17) is 10.0 Å². The van der Waals surface area contributed by atoms with Crippen LogP contribution in [-0.4, -0.2) is 60.2 Å². The predicted octanol–water partition coefficient (Wildman–Crippen LogP) is -0.498. The van der Waals surface area contributed by atoms with Gasteiger partial charge in [-0.3, -0.25) is 4.90 Å². The van der Waals surface area contributed by atoms with Crippen LogP contribution in [0.25, 0.3) is 0 Å². The summed E-state index contributed by atoms with van der Waals surface area (Å²) in [5.74, 6) is 0. The standard InChI is InChI=1S/C13H21BN2O2/c1-15(2)13-7-8-16(10-13)9-11-3-5-12(6-4-11)14(17)18/h3-6,13,17-18H,7-10H2,1-2H3/t13-/m0/s1. The van der Waals surface area contributed by atoms with Crippen molar-refractivity contribution < 1.29 is 10.0 Å². The smallest absolute Gasteiger partial charge is 0.423 e. The van der Waals surface area contributed by atoms with Gasteiger partial charge >= 0.3 is 7.12 Å². The molecule has 1 aromatic rings. The van der Waals surface area contributed by atoms with Gasteiger partial charge in [0.05, 0.1) is 0 Å². The Labute approximate surface area is 109 Å². The summed E-state index contributed by atoms with van der Waals surface area (Å²) in [6, 6.07) is 8.15. The predicted molar refractivity (Wildman–Crippen MR) is 73.6 cm³/mol. The lowest BCUT2D eigenvalue weighted by atomic mass is 9.80. The highest BCUT2D eigenvalue weighted by molar-refractivity contribution is 6.58. The van der Waals surface area contributed by atoms with Crippen molar-refractivity contribution in [3.05, 3.63) is 29.8 Å². The van der Waals surface area contributed by atoms with E-state index in [-0.39, 0.29) is 0 Å². The molecule has 1 fully saturated rings. The molecule has 0 amide bonds. The average molecular weight is 248 g/mol. The summed E-state index contributed by atoms with van der Waals surface area (Å²) in [4.78, 5) is 4.72. The van der Waals surface area contributed by atoms with Gasteiger partial charge in [-0.15, -0.1) is 0 Å². The van der Waals surface area contributed by atoms with E-state index in [1.54, 1.807) is 12.1 Å². The second-order valence-electron chi connectivity index (χ2n) is 5.26. The van der Waals surface area contributed by atoms with Gasteiger partial charge in [0, 0.05) is 25.7 Å². The zero-order chi connectivity index (χ0) is 13.1. The third-order valence-corrected chi connectivity index (χ3v) is 3.66. The maximum absolute atomic E-state index is 9.03. The Balaban J connectivity index is 1.90. The van der Waals surface area contributed by atoms with Crippen LogP contribution >= 0.6 is 0 Å². The van der Waals surface area contributed by atoms with Gasteiger partial charge in [0.1, 0.15) is 0 Å². The van der Waals surface area contributed by atoms with Crippen LogP contribution in [0, 0.1) is 0 Å². The van der Waals surface area contributed by atoms with E-state index < -0.39 is 7.12 Å². The lowest BCUT2D eigenvalue weighted by molar-refractivity contribution is 0.264. The van der Waals surface area contributed by atoms with Crippen molar-refractivity contribution in [1.29, 1.82) is 0 Å². The molecule has 2 N–H and O–H groups in total. The number of benzene rings is 1. The molecule has 1 heterocycles. The number of hydrogen-bond acceptors (Lipinski definition) is 4. The molecule has 0 radical (unpaired) electrons. The molecule has 0 bridgehead atoms. The van der Waals surface area contributed by atoms with Crippen LogP contribution in [0.3, 0.4) is 0 Å². The number of rotatable bonds is 4. The Morgan fingerprint density at radius 3 is 2.44 bits per heavy atom. The van der Waals surface area contributed by atoms with Crippen molar-refractivity contribution in [2.24, 2.45) is 0 Å². The lowest BCUT2D eigenvalue weighted by Gasteiger charge is -2.20. The normalized spacial score (nSPS) is 20.6. The Bertz CT molecular complexity index is 381. The van der Waals surface area contributed by atoms with Crippen LogP contribution in [0.15, 0.2) is 24.3 Å². The molecule has 1 atom stereocenters. The minimum atomic E-state index is -1.37. The van der Waals surface area contributed by atoms with Crippen molar-refractivity contribution in [2.45, 2.75) is 19.0 Å². The van der Waals surface area contributed by atoms with Gasteiger partial charge in [-0.2, -0.15) is 0 Å². The first-order valence-electron chi connectivity index (χ1n) is 6.40. The molecule has 0 aliphatic carbocycles. The first-order chi connectivity index (χ1) is 8.56. The molecule has 0 aromatic heterocycles. The monoisotopic (exact) mass is 248 g/mol. The van der Waals surface area contributed by atoms with Crippen LogP contribution in [0.1, 0.15) is 12.0 Å². The molecule has 1 saturated heterocycles. The quantitative estimate of drug-likeness (QED) is 0.705. The molecule has 2 rings (SSSR count). The van der Waals surface area contributed by atoms with Gasteiger partial charge in [-0.1, -0.05) is 24.3 Å². The fraction of sp³-hybridized carbons (Fsp3) is 0.538. The maximum Gasteiger partial charge on any atom is 0.488 e. The second-order valence-corrected chi connectivity index (χ2v) is 5.26. The number of likely N-dealkylation sites (N-methyl/N-ethyl adjacent to an activating group) is 1. The molecule has 1 aliphatic rings. The van der Waals surface area contributed by atoms with Crippen molar-refractivity contribution in [3.63, 3.8) is 0 Å². The third kappa shape index (κ3) is 3.33. The SMILES string of the molecule is CN(C)[C@H]1CCN(Cc2ccc(B(O)O)cc2)C1. The molecule has 4 nitrogen and oxygen atoms in total. The van der Waals surface area contributed by atoms with Crippen molar-refractivity contribution in [3.8, 4) is 0 Å². The molecule has 0 unspecified atom stereocenters. The van der Waals surface area contributed by atoms with Crippen molar-refractivity contribution in [2.75, 3.05) is 27.2 Å². The Kier molecular flexibility index (Phi) is 4.40.